The second-order valence-corrected chi connectivity index (χ2v) is 8.41. The minimum Gasteiger partial charge on any atom is -0.340 e. The van der Waals surface area contributed by atoms with Gasteiger partial charge in [-0.25, -0.2) is 26.3 Å². The van der Waals surface area contributed by atoms with Crippen LogP contribution < -0.4 is 10.0 Å². The van der Waals surface area contributed by atoms with Gasteiger partial charge in [0.2, 0.25) is 15.9 Å². The lowest BCUT2D eigenvalue weighted by Gasteiger charge is -2.34. The number of amides is 1. The molecule has 2 unspecified atom stereocenters. The molecule has 2 aliphatic rings. The molecule has 1 amide bonds. The average Bonchev–Trinajstić information content (AvgIpc) is 2.94. The van der Waals surface area contributed by atoms with E-state index in [1.54, 1.807) is 0 Å². The smallest absolute Gasteiger partial charge is 0.262 e. The Morgan fingerprint density at radius 3 is 2.77 bits per heavy atom. The first-order chi connectivity index (χ1) is 12.2. The van der Waals surface area contributed by atoms with Crippen LogP contribution in [-0.2, 0) is 14.8 Å². The van der Waals surface area contributed by atoms with Crippen LogP contribution in [0.5, 0.6) is 0 Å². The second-order valence-electron chi connectivity index (χ2n) is 6.70. The van der Waals surface area contributed by atoms with Gasteiger partial charge in [0.25, 0.3) is 5.92 Å². The summed E-state index contributed by atoms with van der Waals surface area (Å²) in [5, 5.41) is 2.52. The molecule has 2 saturated heterocycles. The van der Waals surface area contributed by atoms with E-state index in [-0.39, 0.29) is 11.4 Å². The number of carbonyl (C=O) groups excluding carboxylic acids is 1. The van der Waals surface area contributed by atoms with Gasteiger partial charge in [-0.15, -0.1) is 0 Å². The molecule has 3 rings (SSSR count). The summed E-state index contributed by atoms with van der Waals surface area (Å²) in [6.45, 7) is -0.0508. The fourth-order valence-corrected chi connectivity index (χ4v) is 4.60. The van der Waals surface area contributed by atoms with Gasteiger partial charge < -0.3 is 4.90 Å². The SMILES string of the molecule is O=C(C1CC(F)(F)CN1)N1CCCC(NS(=O)(=O)c2cccc(F)c2)C1. The Labute approximate surface area is 149 Å². The van der Waals surface area contributed by atoms with Crippen molar-refractivity contribution in [2.75, 3.05) is 19.6 Å². The van der Waals surface area contributed by atoms with E-state index in [0.29, 0.717) is 19.4 Å². The minimum atomic E-state index is -3.93. The second kappa shape index (κ2) is 7.16. The van der Waals surface area contributed by atoms with Gasteiger partial charge in [0.15, 0.2) is 0 Å². The lowest BCUT2D eigenvalue weighted by atomic mass is 10.0. The molecule has 0 radical (unpaired) electrons. The summed E-state index contributed by atoms with van der Waals surface area (Å²) in [6, 6.07) is 3.13. The summed E-state index contributed by atoms with van der Waals surface area (Å²) in [4.78, 5) is 13.6. The largest absolute Gasteiger partial charge is 0.340 e. The summed E-state index contributed by atoms with van der Waals surface area (Å²) in [7, 11) is -3.93. The molecule has 1 aromatic rings. The summed E-state index contributed by atoms with van der Waals surface area (Å²) in [5.74, 6) is -4.02. The summed E-state index contributed by atoms with van der Waals surface area (Å²) >= 11 is 0. The number of hydrogen-bond acceptors (Lipinski definition) is 4. The number of hydrogen-bond donors (Lipinski definition) is 2. The zero-order valence-electron chi connectivity index (χ0n) is 13.9. The third kappa shape index (κ3) is 4.36. The van der Waals surface area contributed by atoms with Gasteiger partial charge in [-0.05, 0) is 31.0 Å². The highest BCUT2D eigenvalue weighted by Gasteiger charge is 2.44. The van der Waals surface area contributed by atoms with E-state index < -0.39 is 52.7 Å². The molecule has 10 heteroatoms. The number of rotatable bonds is 4. The average molecular weight is 391 g/mol. The molecule has 2 fully saturated rings. The van der Waals surface area contributed by atoms with Crippen LogP contribution in [0, 0.1) is 5.82 Å². The van der Waals surface area contributed by atoms with Gasteiger partial charge in [-0.3, -0.25) is 10.1 Å². The minimum absolute atomic E-state index is 0.0944. The van der Waals surface area contributed by atoms with Crippen LogP contribution in [0.1, 0.15) is 19.3 Å². The number of alkyl halides is 2. The normalized spacial score (nSPS) is 26.0. The first-order valence-corrected chi connectivity index (χ1v) is 9.82. The molecule has 26 heavy (non-hydrogen) atoms. The predicted molar refractivity (Wildman–Crippen MR) is 87.7 cm³/mol. The number of halogens is 3. The summed E-state index contributed by atoms with van der Waals surface area (Å²) in [6.07, 6.45) is 0.500. The van der Waals surface area contributed by atoms with Crippen LogP contribution in [0.15, 0.2) is 29.2 Å². The maximum atomic E-state index is 13.3. The number of nitrogens with one attached hydrogen (secondary N) is 2. The predicted octanol–water partition coefficient (Wildman–Crippen LogP) is 1.09. The Morgan fingerprint density at radius 1 is 1.35 bits per heavy atom. The topological polar surface area (TPSA) is 78.5 Å². The van der Waals surface area contributed by atoms with Crippen LogP contribution >= 0.6 is 0 Å². The first-order valence-electron chi connectivity index (χ1n) is 8.34. The molecule has 0 saturated carbocycles. The monoisotopic (exact) mass is 391 g/mol. The van der Waals surface area contributed by atoms with E-state index in [1.165, 1.54) is 17.0 Å². The molecule has 2 heterocycles. The third-order valence-corrected chi connectivity index (χ3v) is 6.09. The Balaban J connectivity index is 1.64. The zero-order valence-corrected chi connectivity index (χ0v) is 14.7. The van der Waals surface area contributed by atoms with Crippen LogP contribution in [-0.4, -0.2) is 56.9 Å². The quantitative estimate of drug-likeness (QED) is 0.806. The van der Waals surface area contributed by atoms with Crippen LogP contribution in [0.4, 0.5) is 13.2 Å². The highest BCUT2D eigenvalue weighted by molar-refractivity contribution is 7.89. The molecule has 6 nitrogen and oxygen atoms in total. The van der Waals surface area contributed by atoms with Gasteiger partial charge in [0.1, 0.15) is 5.82 Å². The lowest BCUT2D eigenvalue weighted by Crippen LogP contribution is -2.53. The van der Waals surface area contributed by atoms with Crippen molar-refractivity contribution in [2.45, 2.75) is 42.2 Å². The zero-order chi connectivity index (χ0) is 18.9. The molecule has 144 valence electrons. The van der Waals surface area contributed by atoms with Gasteiger partial charge >= 0.3 is 0 Å². The molecule has 0 spiro atoms. The molecular weight excluding hydrogens is 371 g/mol. The van der Waals surface area contributed by atoms with E-state index in [4.69, 9.17) is 0 Å². The maximum Gasteiger partial charge on any atom is 0.262 e. The van der Waals surface area contributed by atoms with Crippen molar-refractivity contribution in [1.82, 2.24) is 14.9 Å². The van der Waals surface area contributed by atoms with Crippen molar-refractivity contribution in [3.8, 4) is 0 Å². The maximum absolute atomic E-state index is 13.3. The fourth-order valence-electron chi connectivity index (χ4n) is 3.31. The fraction of sp³-hybridized carbons (Fsp3) is 0.562. The van der Waals surface area contributed by atoms with Crippen LogP contribution in [0.2, 0.25) is 0 Å². The molecular formula is C16H20F3N3O3S. The van der Waals surface area contributed by atoms with E-state index in [1.807, 2.05) is 0 Å². The van der Waals surface area contributed by atoms with Crippen molar-refractivity contribution in [2.24, 2.45) is 0 Å². The van der Waals surface area contributed by atoms with Crippen molar-refractivity contribution in [1.29, 1.82) is 0 Å². The highest BCUT2D eigenvalue weighted by atomic mass is 32.2. The third-order valence-electron chi connectivity index (χ3n) is 4.57. The number of nitrogens with zero attached hydrogens (tertiary/aromatic N) is 1. The number of sulfonamides is 1. The Morgan fingerprint density at radius 2 is 2.12 bits per heavy atom. The van der Waals surface area contributed by atoms with Gasteiger partial charge in [0.05, 0.1) is 17.5 Å². The lowest BCUT2D eigenvalue weighted by molar-refractivity contribution is -0.135. The molecule has 2 aliphatic heterocycles. The molecule has 1 aromatic carbocycles. The molecule has 2 N–H and O–H groups in total. The van der Waals surface area contributed by atoms with Crippen molar-refractivity contribution < 1.29 is 26.4 Å². The van der Waals surface area contributed by atoms with E-state index in [2.05, 4.69) is 10.0 Å². The summed E-state index contributed by atoms with van der Waals surface area (Å²) < 4.78 is 67.1. The van der Waals surface area contributed by atoms with Crippen molar-refractivity contribution >= 4 is 15.9 Å². The van der Waals surface area contributed by atoms with Crippen LogP contribution in [0.25, 0.3) is 0 Å². The number of benzene rings is 1. The molecule has 0 aromatic heterocycles. The van der Waals surface area contributed by atoms with Crippen molar-refractivity contribution in [3.63, 3.8) is 0 Å². The van der Waals surface area contributed by atoms with Gasteiger partial charge in [-0.2, -0.15) is 0 Å². The molecule has 2 atom stereocenters. The standard InChI is InChI=1S/C16H20F3N3O3S/c17-11-3-1-5-13(7-11)26(24,25)21-12-4-2-6-22(9-12)15(23)14-8-16(18,19)10-20-14/h1,3,5,7,12,14,20-21H,2,4,6,8-10H2. The number of carbonyl (C=O) groups is 1. The highest BCUT2D eigenvalue weighted by Crippen LogP contribution is 2.27. The van der Waals surface area contributed by atoms with E-state index in [0.717, 1.165) is 12.1 Å². The number of piperidine rings is 1. The van der Waals surface area contributed by atoms with E-state index in [9.17, 15) is 26.4 Å². The van der Waals surface area contributed by atoms with Gasteiger partial charge in [-0.1, -0.05) is 6.07 Å². The summed E-state index contributed by atoms with van der Waals surface area (Å²) in [5.41, 5.74) is 0. The number of likely N-dealkylation sites (tertiary alicyclic amines) is 1. The Kier molecular flexibility index (Phi) is 5.27. The van der Waals surface area contributed by atoms with Crippen molar-refractivity contribution in [3.05, 3.63) is 30.1 Å². The van der Waals surface area contributed by atoms with Gasteiger partial charge in [0, 0.05) is 25.6 Å². The van der Waals surface area contributed by atoms with E-state index >= 15 is 0 Å². The molecule has 0 aliphatic carbocycles. The Bertz CT molecular complexity index is 788. The first kappa shape index (κ1) is 19.1. The molecule has 0 bridgehead atoms. The van der Waals surface area contributed by atoms with Crippen LogP contribution in [0.3, 0.4) is 0 Å². The Hall–Kier alpha value is -1.65.